The van der Waals surface area contributed by atoms with Crippen molar-refractivity contribution in [2.45, 2.75) is 12.8 Å². The lowest BCUT2D eigenvalue weighted by molar-refractivity contribution is -0.121. The van der Waals surface area contributed by atoms with Crippen molar-refractivity contribution in [3.05, 3.63) is 34.7 Å². The molecular weight excluding hydrogens is 260 g/mol. The number of hydrogen-bond donors (Lipinski definition) is 1. The van der Waals surface area contributed by atoms with Gasteiger partial charge in [0.15, 0.2) is 0 Å². The summed E-state index contributed by atoms with van der Waals surface area (Å²) in [6.07, 6.45) is 0.268. The number of fused-ring (bicyclic) bond motifs is 1. The van der Waals surface area contributed by atoms with Crippen LogP contribution in [-0.4, -0.2) is 18.9 Å². The maximum absolute atomic E-state index is 12.0. The van der Waals surface area contributed by atoms with Crippen molar-refractivity contribution in [3.8, 4) is 0 Å². The Morgan fingerprint density at radius 3 is 2.45 bits per heavy atom. The molecule has 1 aliphatic heterocycles. The third-order valence-corrected chi connectivity index (χ3v) is 3.30. The van der Waals surface area contributed by atoms with Crippen molar-refractivity contribution < 1.29 is 14.0 Å². The van der Waals surface area contributed by atoms with Gasteiger partial charge in [-0.1, -0.05) is 0 Å². The molecule has 20 heavy (non-hydrogen) atoms. The van der Waals surface area contributed by atoms with Crippen molar-refractivity contribution in [1.82, 2.24) is 0 Å². The average molecular weight is 272 g/mol. The fraction of sp³-hybridized carbons (Fsp3) is 0.214. The zero-order chi connectivity index (χ0) is 14.3. The van der Waals surface area contributed by atoms with Gasteiger partial charge in [-0.25, -0.2) is 9.69 Å². The molecule has 0 atom stereocenters. The third kappa shape index (κ3) is 1.85. The minimum Gasteiger partial charge on any atom is -0.421 e. The highest BCUT2D eigenvalue weighted by Gasteiger charge is 2.32. The molecule has 102 valence electrons. The molecule has 1 fully saturated rings. The summed E-state index contributed by atoms with van der Waals surface area (Å²) < 4.78 is 5.20. The summed E-state index contributed by atoms with van der Waals surface area (Å²) in [6, 6.07) is 6.79. The maximum Gasteiger partial charge on any atom is 0.360 e. The molecule has 0 unspecified atom stereocenters. The van der Waals surface area contributed by atoms with Crippen LogP contribution in [0.25, 0.3) is 11.0 Å². The smallest absolute Gasteiger partial charge is 0.360 e. The van der Waals surface area contributed by atoms with Crippen LogP contribution in [0.4, 0.5) is 11.4 Å². The SMILES string of the molecule is CNc1ccc2cc(N3C(=O)CCC3=O)c(=O)oc2c1. The number of hydrogen-bond acceptors (Lipinski definition) is 5. The van der Waals surface area contributed by atoms with Crippen LogP contribution >= 0.6 is 0 Å². The first-order valence-electron chi connectivity index (χ1n) is 6.21. The van der Waals surface area contributed by atoms with Crippen LogP contribution in [0.3, 0.4) is 0 Å². The minimum absolute atomic E-state index is 0.0118. The van der Waals surface area contributed by atoms with Crippen LogP contribution in [0.2, 0.25) is 0 Å². The van der Waals surface area contributed by atoms with E-state index in [4.69, 9.17) is 4.42 Å². The normalized spacial score (nSPS) is 15.2. The molecule has 0 aliphatic carbocycles. The zero-order valence-corrected chi connectivity index (χ0v) is 10.8. The Bertz CT molecular complexity index is 762. The number of nitrogens with zero attached hydrogens (tertiary/aromatic N) is 1. The highest BCUT2D eigenvalue weighted by Crippen LogP contribution is 2.24. The number of amides is 2. The third-order valence-electron chi connectivity index (χ3n) is 3.30. The molecule has 0 spiro atoms. The Balaban J connectivity index is 2.18. The van der Waals surface area contributed by atoms with Crippen LogP contribution < -0.4 is 15.8 Å². The van der Waals surface area contributed by atoms with Gasteiger partial charge in [0.2, 0.25) is 11.8 Å². The second-order valence-electron chi connectivity index (χ2n) is 4.54. The van der Waals surface area contributed by atoms with Gasteiger partial charge in [0, 0.05) is 37.0 Å². The van der Waals surface area contributed by atoms with Gasteiger partial charge >= 0.3 is 5.63 Å². The van der Waals surface area contributed by atoms with Crippen molar-refractivity contribution in [1.29, 1.82) is 0 Å². The van der Waals surface area contributed by atoms with Gasteiger partial charge in [0.05, 0.1) is 0 Å². The molecule has 3 rings (SSSR count). The van der Waals surface area contributed by atoms with Crippen molar-refractivity contribution in [3.63, 3.8) is 0 Å². The van der Waals surface area contributed by atoms with Gasteiger partial charge in [-0.3, -0.25) is 9.59 Å². The first-order valence-corrected chi connectivity index (χ1v) is 6.21. The lowest BCUT2D eigenvalue weighted by Gasteiger charge is -2.12. The van der Waals surface area contributed by atoms with Crippen molar-refractivity contribution in [2.75, 3.05) is 17.3 Å². The molecular formula is C14H12N2O4. The topological polar surface area (TPSA) is 79.6 Å². The molecule has 6 nitrogen and oxygen atoms in total. The van der Waals surface area contributed by atoms with Crippen LogP contribution in [0, 0.1) is 0 Å². The Labute approximate surface area is 114 Å². The molecule has 2 heterocycles. The monoisotopic (exact) mass is 272 g/mol. The lowest BCUT2D eigenvalue weighted by atomic mass is 10.2. The van der Waals surface area contributed by atoms with Gasteiger partial charge in [-0.15, -0.1) is 0 Å². The summed E-state index contributed by atoms with van der Waals surface area (Å²) in [6.45, 7) is 0. The van der Waals surface area contributed by atoms with Crippen molar-refractivity contribution >= 4 is 34.2 Å². The maximum atomic E-state index is 12.0. The largest absolute Gasteiger partial charge is 0.421 e. The van der Waals surface area contributed by atoms with Crippen LogP contribution in [0.15, 0.2) is 33.5 Å². The quantitative estimate of drug-likeness (QED) is 0.661. The standard InChI is InChI=1S/C14H12N2O4/c1-15-9-3-2-8-6-10(14(19)20-11(8)7-9)16-12(17)4-5-13(16)18/h2-3,6-7,15H,4-5H2,1H3. The predicted octanol–water partition coefficient (Wildman–Crippen LogP) is 1.49. The van der Waals surface area contributed by atoms with Crippen LogP contribution in [-0.2, 0) is 9.59 Å². The second kappa shape index (κ2) is 4.48. The van der Waals surface area contributed by atoms with Gasteiger partial charge in [-0.2, -0.15) is 0 Å². The number of rotatable bonds is 2. The van der Waals surface area contributed by atoms with E-state index in [1.165, 1.54) is 6.07 Å². The number of imide groups is 1. The zero-order valence-electron chi connectivity index (χ0n) is 10.8. The molecule has 1 saturated heterocycles. The van der Waals surface area contributed by atoms with Gasteiger partial charge in [0.25, 0.3) is 0 Å². The molecule has 0 radical (unpaired) electrons. The number of anilines is 2. The highest BCUT2D eigenvalue weighted by atomic mass is 16.4. The average Bonchev–Trinajstić information content (AvgIpc) is 2.77. The molecule has 2 aromatic rings. The molecule has 1 N–H and O–H groups in total. The van der Waals surface area contributed by atoms with E-state index in [2.05, 4.69) is 5.32 Å². The fourth-order valence-corrected chi connectivity index (χ4v) is 2.26. The summed E-state index contributed by atoms with van der Waals surface area (Å²) in [7, 11) is 1.76. The first kappa shape index (κ1) is 12.4. The molecule has 0 bridgehead atoms. The van der Waals surface area contributed by atoms with Crippen molar-refractivity contribution in [2.24, 2.45) is 0 Å². The molecule has 6 heteroatoms. The molecule has 1 aromatic carbocycles. The summed E-state index contributed by atoms with van der Waals surface area (Å²) in [5.74, 6) is -0.734. The van der Waals surface area contributed by atoms with E-state index in [1.807, 2.05) is 6.07 Å². The van der Waals surface area contributed by atoms with Crippen LogP contribution in [0.1, 0.15) is 12.8 Å². The second-order valence-corrected chi connectivity index (χ2v) is 4.54. The molecule has 0 saturated carbocycles. The van der Waals surface area contributed by atoms with E-state index >= 15 is 0 Å². The molecule has 1 aromatic heterocycles. The number of benzene rings is 1. The first-order chi connectivity index (χ1) is 9.60. The fourth-order valence-electron chi connectivity index (χ4n) is 2.26. The summed E-state index contributed by atoms with van der Waals surface area (Å²) >= 11 is 0. The van der Waals surface area contributed by atoms with E-state index in [0.29, 0.717) is 11.0 Å². The Kier molecular flexibility index (Phi) is 2.78. The Morgan fingerprint density at radius 2 is 1.80 bits per heavy atom. The Hall–Kier alpha value is -2.63. The minimum atomic E-state index is -0.686. The number of carbonyl (C=O) groups is 2. The molecule has 1 aliphatic rings. The summed E-state index contributed by atoms with van der Waals surface area (Å²) in [5.41, 5.74) is 0.517. The van der Waals surface area contributed by atoms with Gasteiger partial charge in [0.1, 0.15) is 11.3 Å². The van der Waals surface area contributed by atoms with E-state index < -0.39 is 5.63 Å². The number of nitrogens with one attached hydrogen (secondary N) is 1. The van der Waals surface area contributed by atoms with Gasteiger partial charge in [-0.05, 0) is 18.2 Å². The van der Waals surface area contributed by atoms with E-state index in [9.17, 15) is 14.4 Å². The van der Waals surface area contributed by atoms with E-state index in [-0.39, 0.29) is 30.3 Å². The summed E-state index contributed by atoms with van der Waals surface area (Å²) in [4.78, 5) is 36.3. The highest BCUT2D eigenvalue weighted by molar-refractivity contribution is 6.20. The lowest BCUT2D eigenvalue weighted by Crippen LogP contribution is -2.32. The van der Waals surface area contributed by atoms with E-state index in [1.54, 1.807) is 19.2 Å². The number of carbonyl (C=O) groups excluding carboxylic acids is 2. The molecule has 2 amide bonds. The Morgan fingerprint density at radius 1 is 1.10 bits per heavy atom. The summed E-state index contributed by atoms with van der Waals surface area (Å²) in [5, 5.41) is 3.60. The van der Waals surface area contributed by atoms with Gasteiger partial charge < -0.3 is 9.73 Å². The van der Waals surface area contributed by atoms with Crippen LogP contribution in [0.5, 0.6) is 0 Å². The van der Waals surface area contributed by atoms with E-state index in [0.717, 1.165) is 10.6 Å². The predicted molar refractivity (Wildman–Crippen MR) is 73.8 cm³/mol.